The first-order valence-corrected chi connectivity index (χ1v) is 11.6. The van der Waals surface area contributed by atoms with Gasteiger partial charge in [0.15, 0.2) is 0 Å². The van der Waals surface area contributed by atoms with E-state index in [0.717, 1.165) is 21.8 Å². The van der Waals surface area contributed by atoms with E-state index in [-0.39, 0.29) is 24.8 Å². The van der Waals surface area contributed by atoms with Crippen LogP contribution in [0, 0.1) is 12.8 Å². The minimum Gasteiger partial charge on any atom is -0.465 e. The van der Waals surface area contributed by atoms with Gasteiger partial charge in [-0.05, 0) is 31.0 Å². The predicted octanol–water partition coefficient (Wildman–Crippen LogP) is 3.62. The van der Waals surface area contributed by atoms with Crippen molar-refractivity contribution in [3.63, 3.8) is 0 Å². The molecule has 2 aromatic carbocycles. The first-order valence-electron chi connectivity index (χ1n) is 10.7. The van der Waals surface area contributed by atoms with E-state index in [1.165, 1.54) is 12.0 Å². The summed E-state index contributed by atoms with van der Waals surface area (Å²) in [5.74, 6) is -1.31. The zero-order valence-electron chi connectivity index (χ0n) is 18.5. The molecule has 1 aliphatic rings. The van der Waals surface area contributed by atoms with Crippen LogP contribution >= 0.6 is 11.3 Å². The van der Waals surface area contributed by atoms with Crippen LogP contribution in [-0.4, -0.2) is 43.0 Å². The molecule has 3 aromatic rings. The van der Waals surface area contributed by atoms with Crippen molar-refractivity contribution in [1.29, 1.82) is 0 Å². The Morgan fingerprint density at radius 2 is 1.94 bits per heavy atom. The normalized spacial score (nSPS) is 15.5. The number of carbonyl (C=O) groups excluding carboxylic acids is 3. The Morgan fingerprint density at radius 1 is 1.18 bits per heavy atom. The highest BCUT2D eigenvalue weighted by atomic mass is 32.1. The van der Waals surface area contributed by atoms with E-state index in [0.29, 0.717) is 24.2 Å². The smallest absolute Gasteiger partial charge is 0.339 e. The number of carbonyl (C=O) groups is 3. The Bertz CT molecular complexity index is 1170. The van der Waals surface area contributed by atoms with Gasteiger partial charge in [0, 0.05) is 30.5 Å². The maximum absolute atomic E-state index is 12.7. The monoisotopic (exact) mass is 463 g/mol. The lowest BCUT2D eigenvalue weighted by Gasteiger charge is -2.19. The van der Waals surface area contributed by atoms with E-state index in [1.54, 1.807) is 35.6 Å². The second-order valence-electron chi connectivity index (χ2n) is 7.90. The van der Waals surface area contributed by atoms with Crippen molar-refractivity contribution < 1.29 is 19.1 Å². The molecule has 33 heavy (non-hydrogen) atoms. The third-order valence-electron chi connectivity index (χ3n) is 5.68. The Balaban J connectivity index is 1.32. The van der Waals surface area contributed by atoms with Gasteiger partial charge in [0.2, 0.25) is 11.8 Å². The van der Waals surface area contributed by atoms with Crippen LogP contribution in [0.5, 0.6) is 0 Å². The molecule has 2 amide bonds. The molecular formula is C25H25N3O4S. The second kappa shape index (κ2) is 9.95. The van der Waals surface area contributed by atoms with Crippen molar-refractivity contribution >= 4 is 34.8 Å². The van der Waals surface area contributed by atoms with Crippen LogP contribution in [0.3, 0.4) is 0 Å². The van der Waals surface area contributed by atoms with Crippen LogP contribution in [0.25, 0.3) is 11.3 Å². The number of amides is 2. The maximum atomic E-state index is 12.7. The molecule has 8 heteroatoms. The standard InChI is InChI=1S/C25H25N3O4S/c1-16-27-21(15-33-16)18-9-7-17(8-10-18)11-12-26-24(30)19-13-23(29)28(14-19)22-6-4-3-5-20(22)25(31)32-2/h3-10,15,19H,11-14H2,1-2H3,(H,26,30). The average Bonchev–Trinajstić information content (AvgIpc) is 3.44. The minimum absolute atomic E-state index is 0.114. The van der Waals surface area contributed by atoms with Gasteiger partial charge < -0.3 is 15.0 Å². The Hall–Kier alpha value is -3.52. The third-order valence-corrected chi connectivity index (χ3v) is 6.45. The number of benzene rings is 2. The van der Waals surface area contributed by atoms with Crippen LogP contribution in [-0.2, 0) is 20.7 Å². The van der Waals surface area contributed by atoms with Gasteiger partial charge in [0.25, 0.3) is 0 Å². The molecule has 1 atom stereocenters. The van der Waals surface area contributed by atoms with Crippen molar-refractivity contribution in [1.82, 2.24) is 10.3 Å². The summed E-state index contributed by atoms with van der Waals surface area (Å²) >= 11 is 1.63. The molecule has 0 saturated carbocycles. The number of anilines is 1. The molecule has 7 nitrogen and oxygen atoms in total. The fourth-order valence-corrected chi connectivity index (χ4v) is 4.54. The highest BCUT2D eigenvalue weighted by molar-refractivity contribution is 7.09. The van der Waals surface area contributed by atoms with Gasteiger partial charge in [-0.1, -0.05) is 36.4 Å². The summed E-state index contributed by atoms with van der Waals surface area (Å²) in [6.45, 7) is 2.71. The molecule has 0 aliphatic carbocycles. The predicted molar refractivity (Wildman–Crippen MR) is 127 cm³/mol. The number of hydrogen-bond donors (Lipinski definition) is 1. The van der Waals surface area contributed by atoms with Crippen LogP contribution < -0.4 is 10.2 Å². The van der Waals surface area contributed by atoms with Crippen molar-refractivity contribution in [3.8, 4) is 11.3 Å². The van der Waals surface area contributed by atoms with Gasteiger partial charge in [0.05, 0.1) is 35.0 Å². The number of methoxy groups -OCH3 is 1. The molecule has 1 unspecified atom stereocenters. The lowest BCUT2D eigenvalue weighted by atomic mass is 10.1. The van der Waals surface area contributed by atoms with E-state index < -0.39 is 11.9 Å². The largest absolute Gasteiger partial charge is 0.465 e. The van der Waals surface area contributed by atoms with Crippen molar-refractivity contribution in [3.05, 3.63) is 70.0 Å². The minimum atomic E-state index is -0.512. The Morgan fingerprint density at radius 3 is 2.64 bits per heavy atom. The number of hydrogen-bond acceptors (Lipinski definition) is 6. The number of rotatable bonds is 7. The molecule has 1 saturated heterocycles. The lowest BCUT2D eigenvalue weighted by molar-refractivity contribution is -0.126. The zero-order valence-corrected chi connectivity index (χ0v) is 19.4. The Labute approximate surface area is 196 Å². The van der Waals surface area contributed by atoms with E-state index in [9.17, 15) is 14.4 Å². The summed E-state index contributed by atoms with van der Waals surface area (Å²) in [6.07, 6.45) is 0.806. The Kier molecular flexibility index (Phi) is 6.84. The number of thiazole rings is 1. The van der Waals surface area contributed by atoms with E-state index in [1.807, 2.05) is 36.6 Å². The summed E-state index contributed by atoms with van der Waals surface area (Å²) in [6, 6.07) is 14.9. The summed E-state index contributed by atoms with van der Waals surface area (Å²) < 4.78 is 4.82. The van der Waals surface area contributed by atoms with Gasteiger partial charge in [-0.25, -0.2) is 9.78 Å². The van der Waals surface area contributed by atoms with E-state index >= 15 is 0 Å². The molecule has 1 fully saturated rings. The molecule has 1 aromatic heterocycles. The molecular weight excluding hydrogens is 438 g/mol. The van der Waals surface area contributed by atoms with E-state index in [4.69, 9.17) is 4.74 Å². The average molecular weight is 464 g/mol. The molecule has 4 rings (SSSR count). The molecule has 1 N–H and O–H groups in total. The summed E-state index contributed by atoms with van der Waals surface area (Å²) in [5, 5.41) is 6.02. The van der Waals surface area contributed by atoms with E-state index in [2.05, 4.69) is 10.3 Å². The highest BCUT2D eigenvalue weighted by Gasteiger charge is 2.36. The fourth-order valence-electron chi connectivity index (χ4n) is 3.92. The topological polar surface area (TPSA) is 88.6 Å². The number of nitrogens with zero attached hydrogens (tertiary/aromatic N) is 2. The fraction of sp³-hybridized carbons (Fsp3) is 0.280. The first kappa shape index (κ1) is 22.7. The number of aromatic nitrogens is 1. The van der Waals surface area contributed by atoms with Gasteiger partial charge in [0.1, 0.15) is 0 Å². The number of nitrogens with one attached hydrogen (secondary N) is 1. The number of aryl methyl sites for hydroxylation is 1. The van der Waals surface area contributed by atoms with Gasteiger partial charge >= 0.3 is 5.97 Å². The van der Waals surface area contributed by atoms with Crippen molar-refractivity contribution in [2.75, 3.05) is 25.1 Å². The van der Waals surface area contributed by atoms with Crippen molar-refractivity contribution in [2.24, 2.45) is 5.92 Å². The molecule has 2 heterocycles. The summed E-state index contributed by atoms with van der Waals surface area (Å²) in [4.78, 5) is 43.3. The zero-order chi connectivity index (χ0) is 23.4. The number of esters is 1. The van der Waals surface area contributed by atoms with Crippen LogP contribution in [0.15, 0.2) is 53.9 Å². The quantitative estimate of drug-likeness (QED) is 0.541. The number of para-hydroxylation sites is 1. The number of ether oxygens (including phenoxy) is 1. The molecule has 1 aliphatic heterocycles. The molecule has 0 bridgehead atoms. The SMILES string of the molecule is COC(=O)c1ccccc1N1CC(C(=O)NCCc2ccc(-c3csc(C)n3)cc2)CC1=O. The first-order chi connectivity index (χ1) is 16.0. The summed E-state index contributed by atoms with van der Waals surface area (Å²) in [7, 11) is 1.30. The van der Waals surface area contributed by atoms with Gasteiger partial charge in [-0.3, -0.25) is 9.59 Å². The molecule has 0 spiro atoms. The van der Waals surface area contributed by atoms with Crippen LogP contribution in [0.2, 0.25) is 0 Å². The van der Waals surface area contributed by atoms with Crippen molar-refractivity contribution in [2.45, 2.75) is 19.8 Å². The maximum Gasteiger partial charge on any atom is 0.339 e. The van der Waals surface area contributed by atoms with Gasteiger partial charge in [-0.2, -0.15) is 0 Å². The lowest BCUT2D eigenvalue weighted by Crippen LogP contribution is -2.34. The molecule has 0 radical (unpaired) electrons. The molecule has 170 valence electrons. The van der Waals surface area contributed by atoms with Gasteiger partial charge in [-0.15, -0.1) is 11.3 Å². The third kappa shape index (κ3) is 5.12. The van der Waals surface area contributed by atoms with Crippen LogP contribution in [0.4, 0.5) is 5.69 Å². The highest BCUT2D eigenvalue weighted by Crippen LogP contribution is 2.29. The summed E-state index contributed by atoms with van der Waals surface area (Å²) in [5.41, 5.74) is 3.94. The van der Waals surface area contributed by atoms with Crippen LogP contribution in [0.1, 0.15) is 27.3 Å². The second-order valence-corrected chi connectivity index (χ2v) is 8.97.